The first kappa shape index (κ1) is 12.1. The average Bonchev–Trinajstić information content (AvgIpc) is 2.82. The van der Waals surface area contributed by atoms with Crippen molar-refractivity contribution in [2.45, 2.75) is 19.0 Å². The van der Waals surface area contributed by atoms with Gasteiger partial charge in [0.25, 0.3) is 0 Å². The molecule has 2 heterocycles. The zero-order valence-electron chi connectivity index (χ0n) is 11.0. The number of nitrogens with zero attached hydrogens (tertiary/aromatic N) is 5. The standard InChI is InChI=1S/C13H13N5S/c1-8-6-10-11(7-9(8)2)18(17-16-10)12-4-5-14-13(15-12)19-3/h4-7H,1-3H3. The van der Waals surface area contributed by atoms with Crippen molar-refractivity contribution in [3.8, 4) is 5.82 Å². The highest BCUT2D eigenvalue weighted by Gasteiger charge is 2.09. The van der Waals surface area contributed by atoms with E-state index in [-0.39, 0.29) is 0 Å². The number of hydrogen-bond donors (Lipinski definition) is 0. The number of fused-ring (bicyclic) bond motifs is 1. The fourth-order valence-electron chi connectivity index (χ4n) is 1.89. The summed E-state index contributed by atoms with van der Waals surface area (Å²) in [4.78, 5) is 8.62. The van der Waals surface area contributed by atoms with Gasteiger partial charge in [0.15, 0.2) is 11.0 Å². The zero-order chi connectivity index (χ0) is 13.4. The van der Waals surface area contributed by atoms with Crippen LogP contribution < -0.4 is 0 Å². The molecule has 0 N–H and O–H groups in total. The van der Waals surface area contributed by atoms with E-state index in [4.69, 9.17) is 0 Å². The Balaban J connectivity index is 2.22. The van der Waals surface area contributed by atoms with E-state index in [1.54, 1.807) is 10.9 Å². The van der Waals surface area contributed by atoms with Crippen molar-refractivity contribution in [2.75, 3.05) is 6.26 Å². The van der Waals surface area contributed by atoms with Crippen LogP contribution in [0, 0.1) is 13.8 Å². The first-order valence-electron chi connectivity index (χ1n) is 5.89. The van der Waals surface area contributed by atoms with Crippen molar-refractivity contribution in [3.05, 3.63) is 35.5 Å². The van der Waals surface area contributed by atoms with Gasteiger partial charge in [-0.1, -0.05) is 17.0 Å². The van der Waals surface area contributed by atoms with Gasteiger partial charge in [0.05, 0.1) is 5.52 Å². The van der Waals surface area contributed by atoms with E-state index in [9.17, 15) is 0 Å². The van der Waals surface area contributed by atoms with Crippen molar-refractivity contribution in [1.82, 2.24) is 25.0 Å². The summed E-state index contributed by atoms with van der Waals surface area (Å²) in [7, 11) is 0. The van der Waals surface area contributed by atoms with Crippen molar-refractivity contribution in [3.63, 3.8) is 0 Å². The molecule has 1 aromatic carbocycles. The van der Waals surface area contributed by atoms with Gasteiger partial charge in [0.2, 0.25) is 0 Å². The maximum atomic E-state index is 4.45. The van der Waals surface area contributed by atoms with Crippen LogP contribution in [0.25, 0.3) is 16.9 Å². The van der Waals surface area contributed by atoms with Crippen molar-refractivity contribution in [2.24, 2.45) is 0 Å². The molecule has 5 nitrogen and oxygen atoms in total. The van der Waals surface area contributed by atoms with E-state index in [1.807, 2.05) is 18.4 Å². The van der Waals surface area contributed by atoms with Crippen LogP contribution in [0.5, 0.6) is 0 Å². The fraction of sp³-hybridized carbons (Fsp3) is 0.231. The molecule has 6 heteroatoms. The van der Waals surface area contributed by atoms with Crippen molar-refractivity contribution in [1.29, 1.82) is 0 Å². The van der Waals surface area contributed by atoms with E-state index in [2.05, 4.69) is 40.2 Å². The van der Waals surface area contributed by atoms with Crippen LogP contribution >= 0.6 is 11.8 Å². The van der Waals surface area contributed by atoms with E-state index >= 15 is 0 Å². The number of rotatable bonds is 2. The van der Waals surface area contributed by atoms with Crippen LogP contribution in [0.3, 0.4) is 0 Å². The lowest BCUT2D eigenvalue weighted by Crippen LogP contribution is -2.01. The summed E-state index contributed by atoms with van der Waals surface area (Å²) in [5.74, 6) is 0.741. The molecule has 0 aliphatic carbocycles. The lowest BCUT2D eigenvalue weighted by Gasteiger charge is -2.04. The normalized spacial score (nSPS) is 11.1. The largest absolute Gasteiger partial charge is 0.231 e. The van der Waals surface area contributed by atoms with E-state index in [0.29, 0.717) is 0 Å². The van der Waals surface area contributed by atoms with Gasteiger partial charge in [-0.25, -0.2) is 9.97 Å². The zero-order valence-corrected chi connectivity index (χ0v) is 11.8. The molecule has 3 aromatic rings. The second-order valence-electron chi connectivity index (χ2n) is 4.33. The third-order valence-electron chi connectivity index (χ3n) is 3.08. The Kier molecular flexibility index (Phi) is 2.94. The highest BCUT2D eigenvalue weighted by molar-refractivity contribution is 7.98. The summed E-state index contributed by atoms with van der Waals surface area (Å²) in [6, 6.07) is 5.97. The molecule has 0 unspecified atom stereocenters. The number of aryl methyl sites for hydroxylation is 2. The molecular weight excluding hydrogens is 258 g/mol. The first-order valence-corrected chi connectivity index (χ1v) is 7.11. The second kappa shape index (κ2) is 4.62. The Morgan fingerprint density at radius 2 is 1.95 bits per heavy atom. The van der Waals surface area contributed by atoms with Crippen LogP contribution in [0.15, 0.2) is 29.6 Å². The molecule has 2 aromatic heterocycles. The van der Waals surface area contributed by atoms with Crippen LogP contribution in [0.2, 0.25) is 0 Å². The predicted molar refractivity (Wildman–Crippen MR) is 75.7 cm³/mol. The van der Waals surface area contributed by atoms with Gasteiger partial charge in [0.1, 0.15) is 5.52 Å². The highest BCUT2D eigenvalue weighted by atomic mass is 32.2. The molecule has 96 valence electrons. The molecule has 0 aliphatic heterocycles. The van der Waals surface area contributed by atoms with Crippen molar-refractivity contribution < 1.29 is 0 Å². The minimum Gasteiger partial charge on any atom is -0.231 e. The number of benzene rings is 1. The summed E-state index contributed by atoms with van der Waals surface area (Å²) in [6.45, 7) is 4.16. The SMILES string of the molecule is CSc1nccc(-n2nnc3cc(C)c(C)cc32)n1. The smallest absolute Gasteiger partial charge is 0.189 e. The van der Waals surface area contributed by atoms with Gasteiger partial charge in [-0.2, -0.15) is 4.68 Å². The second-order valence-corrected chi connectivity index (χ2v) is 5.10. The van der Waals surface area contributed by atoms with Crippen LogP contribution in [0.4, 0.5) is 0 Å². The van der Waals surface area contributed by atoms with Gasteiger partial charge >= 0.3 is 0 Å². The molecule has 0 amide bonds. The fourth-order valence-corrected chi connectivity index (χ4v) is 2.24. The first-order chi connectivity index (χ1) is 9.19. The molecule has 0 bridgehead atoms. The van der Waals surface area contributed by atoms with Crippen LogP contribution in [0.1, 0.15) is 11.1 Å². The Morgan fingerprint density at radius 3 is 2.74 bits per heavy atom. The summed E-state index contributed by atoms with van der Waals surface area (Å²) >= 11 is 1.51. The molecule has 3 rings (SSSR count). The third-order valence-corrected chi connectivity index (χ3v) is 3.64. The van der Waals surface area contributed by atoms with E-state index in [0.717, 1.165) is 22.0 Å². The minimum atomic E-state index is 0.727. The van der Waals surface area contributed by atoms with Crippen LogP contribution in [-0.4, -0.2) is 31.2 Å². The average molecular weight is 271 g/mol. The monoisotopic (exact) mass is 271 g/mol. The third kappa shape index (κ3) is 2.08. The topological polar surface area (TPSA) is 56.5 Å². The summed E-state index contributed by atoms with van der Waals surface area (Å²) in [5, 5.41) is 9.12. The summed E-state index contributed by atoms with van der Waals surface area (Å²) in [5.41, 5.74) is 4.28. The van der Waals surface area contributed by atoms with Gasteiger partial charge in [-0.05, 0) is 43.4 Å². The number of hydrogen-bond acceptors (Lipinski definition) is 5. The Morgan fingerprint density at radius 1 is 1.16 bits per heavy atom. The van der Waals surface area contributed by atoms with Gasteiger partial charge in [-0.15, -0.1) is 5.10 Å². The van der Waals surface area contributed by atoms with Gasteiger partial charge in [0, 0.05) is 12.3 Å². The molecule has 0 saturated heterocycles. The Labute approximate surface area is 115 Å². The van der Waals surface area contributed by atoms with E-state index < -0.39 is 0 Å². The molecular formula is C13H13N5S. The van der Waals surface area contributed by atoms with Gasteiger partial charge in [-0.3, -0.25) is 0 Å². The molecule has 0 spiro atoms. The molecule has 0 atom stereocenters. The molecule has 0 fully saturated rings. The minimum absolute atomic E-state index is 0.727. The van der Waals surface area contributed by atoms with Crippen LogP contribution in [-0.2, 0) is 0 Å². The molecule has 0 saturated carbocycles. The van der Waals surface area contributed by atoms with Gasteiger partial charge < -0.3 is 0 Å². The molecule has 19 heavy (non-hydrogen) atoms. The Hall–Kier alpha value is -1.95. The number of aromatic nitrogens is 5. The lowest BCUT2D eigenvalue weighted by atomic mass is 10.1. The molecule has 0 radical (unpaired) electrons. The molecule has 0 aliphatic rings. The maximum Gasteiger partial charge on any atom is 0.189 e. The predicted octanol–water partition coefficient (Wildman–Crippen LogP) is 2.55. The summed E-state index contributed by atoms with van der Waals surface area (Å²) < 4.78 is 1.75. The quantitative estimate of drug-likeness (QED) is 0.529. The number of thioether (sulfide) groups is 1. The lowest BCUT2D eigenvalue weighted by molar-refractivity contribution is 0.777. The maximum absolute atomic E-state index is 4.45. The van der Waals surface area contributed by atoms with Crippen molar-refractivity contribution >= 4 is 22.8 Å². The summed E-state index contributed by atoms with van der Waals surface area (Å²) in [6.07, 6.45) is 3.69. The van der Waals surface area contributed by atoms with E-state index in [1.165, 1.54) is 22.9 Å². The highest BCUT2D eigenvalue weighted by Crippen LogP contribution is 2.20. The Bertz CT molecular complexity index is 750.